The van der Waals surface area contributed by atoms with Gasteiger partial charge >= 0.3 is 12.1 Å². The number of carbonyl (C=O) groups excluding carboxylic acids is 2. The van der Waals surface area contributed by atoms with Crippen molar-refractivity contribution in [2.45, 2.75) is 25.5 Å². The van der Waals surface area contributed by atoms with E-state index in [1.54, 1.807) is 30.3 Å². The highest BCUT2D eigenvalue weighted by atomic mass is 19.3. The average Bonchev–Trinajstić information content (AvgIpc) is 2.45. The van der Waals surface area contributed by atoms with Crippen LogP contribution in [0.4, 0.5) is 13.6 Å². The topological polar surface area (TPSA) is 64.6 Å². The SMILES string of the molecule is COC(=O)[C@](C)(NC(=O)OCc1ccccc1)C(F)F. The zero-order chi connectivity index (χ0) is 15.2. The Balaban J connectivity index is 2.61. The molecule has 0 saturated carbocycles. The molecular formula is C13H15F2NO4. The van der Waals surface area contributed by atoms with Crippen molar-refractivity contribution in [1.29, 1.82) is 0 Å². The van der Waals surface area contributed by atoms with Crippen molar-refractivity contribution in [3.63, 3.8) is 0 Å². The zero-order valence-corrected chi connectivity index (χ0v) is 11.1. The smallest absolute Gasteiger partial charge is 0.408 e. The van der Waals surface area contributed by atoms with Gasteiger partial charge in [-0.1, -0.05) is 30.3 Å². The molecule has 1 rings (SSSR count). The quantitative estimate of drug-likeness (QED) is 0.842. The van der Waals surface area contributed by atoms with Gasteiger partial charge in [-0.2, -0.15) is 0 Å². The van der Waals surface area contributed by atoms with Crippen LogP contribution in [0.3, 0.4) is 0 Å². The van der Waals surface area contributed by atoms with Crippen molar-refractivity contribution in [3.05, 3.63) is 35.9 Å². The number of benzene rings is 1. The fraction of sp³-hybridized carbons (Fsp3) is 0.385. The van der Waals surface area contributed by atoms with Crippen LogP contribution in [-0.2, 0) is 20.9 Å². The van der Waals surface area contributed by atoms with Crippen molar-refractivity contribution in [2.24, 2.45) is 0 Å². The Morgan fingerprint density at radius 1 is 1.30 bits per heavy atom. The number of hydrogen-bond donors (Lipinski definition) is 1. The molecule has 110 valence electrons. The summed E-state index contributed by atoms with van der Waals surface area (Å²) >= 11 is 0. The van der Waals surface area contributed by atoms with E-state index < -0.39 is 24.0 Å². The second-order valence-corrected chi connectivity index (χ2v) is 4.18. The largest absolute Gasteiger partial charge is 0.467 e. The maximum atomic E-state index is 12.9. The van der Waals surface area contributed by atoms with Crippen molar-refractivity contribution < 1.29 is 27.8 Å². The van der Waals surface area contributed by atoms with E-state index in [2.05, 4.69) is 4.74 Å². The summed E-state index contributed by atoms with van der Waals surface area (Å²) in [6.07, 6.45) is -4.25. The molecule has 0 heterocycles. The number of methoxy groups -OCH3 is 1. The second kappa shape index (κ2) is 6.83. The summed E-state index contributed by atoms with van der Waals surface area (Å²) in [6.45, 7) is 0.778. The minimum absolute atomic E-state index is 0.0901. The summed E-state index contributed by atoms with van der Waals surface area (Å²) < 4.78 is 34.8. The van der Waals surface area contributed by atoms with E-state index in [1.807, 2.05) is 5.32 Å². The molecule has 20 heavy (non-hydrogen) atoms. The van der Waals surface area contributed by atoms with Gasteiger partial charge in [0.05, 0.1) is 7.11 Å². The van der Waals surface area contributed by atoms with Crippen LogP contribution < -0.4 is 5.32 Å². The monoisotopic (exact) mass is 287 g/mol. The molecule has 7 heteroatoms. The molecule has 0 fully saturated rings. The third-order valence-corrected chi connectivity index (χ3v) is 2.62. The van der Waals surface area contributed by atoms with Crippen LogP contribution in [0.15, 0.2) is 30.3 Å². The van der Waals surface area contributed by atoms with Crippen LogP contribution in [0.25, 0.3) is 0 Å². The molecule has 0 spiro atoms. The first-order valence-corrected chi connectivity index (χ1v) is 5.75. The number of nitrogens with one attached hydrogen (secondary N) is 1. The van der Waals surface area contributed by atoms with E-state index in [-0.39, 0.29) is 6.61 Å². The average molecular weight is 287 g/mol. The first-order valence-electron chi connectivity index (χ1n) is 5.75. The lowest BCUT2D eigenvalue weighted by Crippen LogP contribution is -2.57. The van der Waals surface area contributed by atoms with Gasteiger partial charge in [0.25, 0.3) is 6.43 Å². The summed E-state index contributed by atoms with van der Waals surface area (Å²) in [5.74, 6) is -1.25. The maximum Gasteiger partial charge on any atom is 0.408 e. The number of carbonyl (C=O) groups is 2. The van der Waals surface area contributed by atoms with Crippen LogP contribution in [0.5, 0.6) is 0 Å². The van der Waals surface area contributed by atoms with Gasteiger partial charge in [-0.05, 0) is 12.5 Å². The third kappa shape index (κ3) is 3.91. The second-order valence-electron chi connectivity index (χ2n) is 4.18. The number of amides is 1. The predicted molar refractivity (Wildman–Crippen MR) is 66.2 cm³/mol. The van der Waals surface area contributed by atoms with E-state index >= 15 is 0 Å². The van der Waals surface area contributed by atoms with E-state index in [0.29, 0.717) is 5.56 Å². The molecule has 0 saturated heterocycles. The third-order valence-electron chi connectivity index (χ3n) is 2.62. The van der Waals surface area contributed by atoms with Crippen molar-refractivity contribution in [1.82, 2.24) is 5.32 Å². The minimum atomic E-state index is -3.13. The fourth-order valence-electron chi connectivity index (χ4n) is 1.38. The van der Waals surface area contributed by atoms with Crippen molar-refractivity contribution in [2.75, 3.05) is 7.11 Å². The van der Waals surface area contributed by atoms with Crippen LogP contribution in [-0.4, -0.2) is 31.1 Å². The number of halogens is 2. The number of alkyl carbamates (subject to hydrolysis) is 1. The molecule has 5 nitrogen and oxygen atoms in total. The summed E-state index contributed by atoms with van der Waals surface area (Å²) in [6, 6.07) is 8.69. The standard InChI is InChI=1S/C13H15F2NO4/c1-13(10(14)15,11(17)19-2)16-12(18)20-8-9-6-4-3-5-7-9/h3-7,10H,8H2,1-2H3,(H,16,18)/t13-/m1/s1. The van der Waals surface area contributed by atoms with Gasteiger partial charge in [0.15, 0.2) is 5.54 Å². The molecule has 0 aromatic heterocycles. The van der Waals surface area contributed by atoms with Gasteiger partial charge in [-0.3, -0.25) is 0 Å². The molecule has 0 unspecified atom stereocenters. The minimum Gasteiger partial charge on any atom is -0.467 e. The van der Waals surface area contributed by atoms with Crippen molar-refractivity contribution in [3.8, 4) is 0 Å². The molecule has 1 N–H and O–H groups in total. The Morgan fingerprint density at radius 2 is 1.90 bits per heavy atom. The highest BCUT2D eigenvalue weighted by Crippen LogP contribution is 2.17. The molecular weight excluding hydrogens is 272 g/mol. The lowest BCUT2D eigenvalue weighted by Gasteiger charge is -2.26. The Morgan fingerprint density at radius 3 is 2.40 bits per heavy atom. The van der Waals surface area contributed by atoms with Gasteiger partial charge in [0, 0.05) is 0 Å². The summed E-state index contributed by atoms with van der Waals surface area (Å²) in [5, 5.41) is 1.83. The summed E-state index contributed by atoms with van der Waals surface area (Å²) in [7, 11) is 0.958. The normalized spacial score (nSPS) is 13.4. The van der Waals surface area contributed by atoms with Gasteiger partial charge in [0.2, 0.25) is 0 Å². The molecule has 1 aromatic rings. The molecule has 0 aliphatic carbocycles. The Bertz CT molecular complexity index is 467. The molecule has 0 aliphatic rings. The van der Waals surface area contributed by atoms with Gasteiger partial charge in [-0.15, -0.1) is 0 Å². The highest BCUT2D eigenvalue weighted by Gasteiger charge is 2.46. The Hall–Kier alpha value is -2.18. The summed E-state index contributed by atoms with van der Waals surface area (Å²) in [5.41, 5.74) is -1.75. The number of hydrogen-bond acceptors (Lipinski definition) is 4. The number of ether oxygens (including phenoxy) is 2. The number of alkyl halides is 2. The first kappa shape index (κ1) is 15.9. The molecule has 0 aliphatic heterocycles. The van der Waals surface area contributed by atoms with Crippen LogP contribution in [0.1, 0.15) is 12.5 Å². The lowest BCUT2D eigenvalue weighted by atomic mass is 10.0. The highest BCUT2D eigenvalue weighted by molar-refractivity contribution is 5.85. The van der Waals surface area contributed by atoms with Crippen LogP contribution in [0.2, 0.25) is 0 Å². The molecule has 1 aromatic carbocycles. The lowest BCUT2D eigenvalue weighted by molar-refractivity contribution is -0.154. The van der Waals surface area contributed by atoms with Gasteiger partial charge in [-0.25, -0.2) is 18.4 Å². The fourth-order valence-corrected chi connectivity index (χ4v) is 1.38. The van der Waals surface area contributed by atoms with Crippen molar-refractivity contribution >= 4 is 12.1 Å². The maximum absolute atomic E-state index is 12.9. The molecule has 1 atom stereocenters. The van der Waals surface area contributed by atoms with Crippen LogP contribution in [0, 0.1) is 0 Å². The van der Waals surface area contributed by atoms with E-state index in [0.717, 1.165) is 14.0 Å². The molecule has 0 radical (unpaired) electrons. The van der Waals surface area contributed by atoms with Gasteiger partial charge < -0.3 is 14.8 Å². The van der Waals surface area contributed by atoms with Gasteiger partial charge in [0.1, 0.15) is 6.61 Å². The predicted octanol–water partition coefficient (Wildman–Crippen LogP) is 2.11. The number of rotatable bonds is 5. The van der Waals surface area contributed by atoms with E-state index in [4.69, 9.17) is 4.74 Å². The Labute approximate surface area is 114 Å². The molecule has 0 bridgehead atoms. The van der Waals surface area contributed by atoms with E-state index in [9.17, 15) is 18.4 Å². The zero-order valence-electron chi connectivity index (χ0n) is 11.1. The summed E-state index contributed by atoms with van der Waals surface area (Å²) in [4.78, 5) is 22.8. The first-order chi connectivity index (χ1) is 9.40. The number of esters is 1. The van der Waals surface area contributed by atoms with Crippen LogP contribution >= 0.6 is 0 Å². The molecule has 1 amide bonds. The Kier molecular flexibility index (Phi) is 5.42. The van der Waals surface area contributed by atoms with E-state index in [1.165, 1.54) is 0 Å².